The number of carbonyl (C=O) groups is 1. The van der Waals surface area contributed by atoms with Gasteiger partial charge in [0.05, 0.1) is 16.7 Å². The fourth-order valence-corrected chi connectivity index (χ4v) is 1.01. The van der Waals surface area contributed by atoms with Gasteiger partial charge in [-0.3, -0.25) is 9.89 Å². The Labute approximate surface area is 76.9 Å². The van der Waals surface area contributed by atoms with E-state index in [1.165, 1.54) is 6.20 Å². The maximum absolute atomic E-state index is 11.1. The van der Waals surface area contributed by atoms with Crippen molar-refractivity contribution in [1.82, 2.24) is 15.5 Å². The van der Waals surface area contributed by atoms with E-state index in [1.54, 1.807) is 6.07 Å². The lowest BCUT2D eigenvalue weighted by molar-refractivity contribution is 0.0953. The summed E-state index contributed by atoms with van der Waals surface area (Å²) in [6, 6.07) is 1.80. The molecule has 0 aliphatic heterocycles. The molecule has 0 fully saturated rings. The number of carbonyl (C=O) groups excluding carboxylic acids is 1. The van der Waals surface area contributed by atoms with Gasteiger partial charge >= 0.3 is 0 Å². The summed E-state index contributed by atoms with van der Waals surface area (Å²) in [5.41, 5.74) is 0.324. The molecule has 5 nitrogen and oxygen atoms in total. The van der Waals surface area contributed by atoms with Gasteiger partial charge in [-0.2, -0.15) is 10.4 Å². The number of aromatic amines is 1. The molecule has 0 atom stereocenters. The quantitative estimate of drug-likeness (QED) is 0.721. The first kappa shape index (κ1) is 8.74. The van der Waals surface area contributed by atoms with Crippen LogP contribution in [-0.4, -0.2) is 22.6 Å². The second-order valence-electron chi connectivity index (χ2n) is 1.93. The van der Waals surface area contributed by atoms with Gasteiger partial charge in [-0.25, -0.2) is 0 Å². The molecule has 1 rings (SSSR count). The summed E-state index contributed by atoms with van der Waals surface area (Å²) in [5.74, 6) is -0.346. The Balaban J connectivity index is 2.67. The van der Waals surface area contributed by atoms with Crippen LogP contribution >= 0.6 is 15.9 Å². The first-order chi connectivity index (χ1) is 5.75. The number of aromatic nitrogens is 2. The van der Waals surface area contributed by atoms with Crippen LogP contribution in [0.3, 0.4) is 0 Å². The Bertz CT molecular complexity index is 327. The topological polar surface area (TPSA) is 81.6 Å². The fourth-order valence-electron chi connectivity index (χ4n) is 0.639. The summed E-state index contributed by atoms with van der Waals surface area (Å²) in [7, 11) is 0. The van der Waals surface area contributed by atoms with E-state index >= 15 is 0 Å². The van der Waals surface area contributed by atoms with E-state index in [0.29, 0.717) is 10.2 Å². The minimum absolute atomic E-state index is 0.00963. The van der Waals surface area contributed by atoms with E-state index in [9.17, 15) is 4.79 Å². The van der Waals surface area contributed by atoms with Gasteiger partial charge in [0.2, 0.25) is 0 Å². The van der Waals surface area contributed by atoms with E-state index < -0.39 is 0 Å². The van der Waals surface area contributed by atoms with E-state index in [1.807, 2.05) is 0 Å². The molecule has 1 aromatic rings. The zero-order valence-corrected chi connectivity index (χ0v) is 7.55. The molecular formula is C6H5BrN4O. The Morgan fingerprint density at radius 3 is 3.17 bits per heavy atom. The predicted octanol–water partition coefficient (Wildman–Crippen LogP) is 0.426. The van der Waals surface area contributed by atoms with Gasteiger partial charge in [0.1, 0.15) is 12.2 Å². The number of hydrogen-bond donors (Lipinski definition) is 2. The fraction of sp³-hybridized carbons (Fsp3) is 0.167. The second-order valence-corrected chi connectivity index (χ2v) is 2.79. The first-order valence-electron chi connectivity index (χ1n) is 3.09. The third-order valence-corrected chi connectivity index (χ3v) is 1.75. The molecule has 0 saturated carbocycles. The highest BCUT2D eigenvalue weighted by molar-refractivity contribution is 9.10. The van der Waals surface area contributed by atoms with E-state index in [0.717, 1.165) is 0 Å². The molecule has 0 aliphatic carbocycles. The van der Waals surface area contributed by atoms with Crippen LogP contribution in [-0.2, 0) is 0 Å². The predicted molar refractivity (Wildman–Crippen MR) is 44.2 cm³/mol. The molecule has 12 heavy (non-hydrogen) atoms. The van der Waals surface area contributed by atoms with Crippen LogP contribution in [0.4, 0.5) is 0 Å². The van der Waals surface area contributed by atoms with Gasteiger partial charge in [-0.05, 0) is 15.9 Å². The van der Waals surface area contributed by atoms with Gasteiger partial charge < -0.3 is 5.32 Å². The average molecular weight is 229 g/mol. The third-order valence-electron chi connectivity index (χ3n) is 1.15. The van der Waals surface area contributed by atoms with Crippen molar-refractivity contribution in [3.63, 3.8) is 0 Å². The molecule has 6 heteroatoms. The summed E-state index contributed by atoms with van der Waals surface area (Å²) in [4.78, 5) is 11.1. The van der Waals surface area contributed by atoms with Gasteiger partial charge in [0.25, 0.3) is 5.91 Å². The summed E-state index contributed by atoms with van der Waals surface area (Å²) in [6.07, 6.45) is 1.47. The van der Waals surface area contributed by atoms with Crippen LogP contribution in [0, 0.1) is 11.3 Å². The summed E-state index contributed by atoms with van der Waals surface area (Å²) in [5, 5.41) is 16.7. The smallest absolute Gasteiger partial charge is 0.271 e. The minimum Gasteiger partial charge on any atom is -0.338 e. The van der Waals surface area contributed by atoms with Crippen molar-refractivity contribution in [2.24, 2.45) is 0 Å². The number of hydrogen-bond acceptors (Lipinski definition) is 3. The highest BCUT2D eigenvalue weighted by Crippen LogP contribution is 2.11. The van der Waals surface area contributed by atoms with Crippen molar-refractivity contribution in [1.29, 1.82) is 5.26 Å². The summed E-state index contributed by atoms with van der Waals surface area (Å²) >= 11 is 3.12. The SMILES string of the molecule is N#CCNC(=O)c1[nH]ncc1Br. The first-order valence-corrected chi connectivity index (χ1v) is 3.89. The molecule has 0 bridgehead atoms. The summed E-state index contributed by atoms with van der Waals surface area (Å²) in [6.45, 7) is -0.00963. The molecule has 0 aliphatic rings. The summed E-state index contributed by atoms with van der Waals surface area (Å²) < 4.78 is 0.581. The Morgan fingerprint density at radius 2 is 2.67 bits per heavy atom. The van der Waals surface area contributed by atoms with Gasteiger partial charge in [0, 0.05) is 0 Å². The molecule has 0 radical (unpaired) electrons. The van der Waals surface area contributed by atoms with Crippen LogP contribution in [0.2, 0.25) is 0 Å². The zero-order valence-electron chi connectivity index (χ0n) is 5.97. The molecule has 0 aromatic carbocycles. The standard InChI is InChI=1S/C6H5BrN4O/c7-4-3-10-11-5(4)6(12)9-2-1-8/h3H,2H2,(H,9,12)(H,10,11). The van der Waals surface area contributed by atoms with Crippen LogP contribution in [0.5, 0.6) is 0 Å². The van der Waals surface area contributed by atoms with Gasteiger partial charge in [-0.1, -0.05) is 0 Å². The average Bonchev–Trinajstić information content (AvgIpc) is 2.47. The van der Waals surface area contributed by atoms with Crippen LogP contribution < -0.4 is 5.32 Å². The van der Waals surface area contributed by atoms with E-state index in [-0.39, 0.29) is 12.5 Å². The lowest BCUT2D eigenvalue weighted by Crippen LogP contribution is -2.24. The number of nitriles is 1. The normalized spacial score (nSPS) is 9.00. The molecule has 0 spiro atoms. The molecule has 0 unspecified atom stereocenters. The Hall–Kier alpha value is -1.35. The second kappa shape index (κ2) is 3.88. The highest BCUT2D eigenvalue weighted by atomic mass is 79.9. The van der Waals surface area contributed by atoms with Crippen molar-refractivity contribution in [3.05, 3.63) is 16.4 Å². The van der Waals surface area contributed by atoms with Crippen molar-refractivity contribution >= 4 is 21.8 Å². The van der Waals surface area contributed by atoms with Crippen LogP contribution in [0.1, 0.15) is 10.5 Å². The van der Waals surface area contributed by atoms with E-state index in [4.69, 9.17) is 5.26 Å². The monoisotopic (exact) mass is 228 g/mol. The minimum atomic E-state index is -0.346. The number of nitrogens with one attached hydrogen (secondary N) is 2. The molecule has 62 valence electrons. The number of rotatable bonds is 2. The molecule has 0 saturated heterocycles. The van der Waals surface area contributed by atoms with Crippen molar-refractivity contribution in [3.8, 4) is 6.07 Å². The van der Waals surface area contributed by atoms with Gasteiger partial charge in [-0.15, -0.1) is 0 Å². The largest absolute Gasteiger partial charge is 0.338 e. The third kappa shape index (κ3) is 1.83. The number of halogens is 1. The Kier molecular flexibility index (Phi) is 2.82. The molecular weight excluding hydrogens is 224 g/mol. The molecule has 2 N–H and O–H groups in total. The van der Waals surface area contributed by atoms with Crippen molar-refractivity contribution < 1.29 is 4.79 Å². The van der Waals surface area contributed by atoms with Crippen molar-refractivity contribution in [2.45, 2.75) is 0 Å². The highest BCUT2D eigenvalue weighted by Gasteiger charge is 2.10. The van der Waals surface area contributed by atoms with Crippen LogP contribution in [0.15, 0.2) is 10.7 Å². The molecule has 1 amide bonds. The Morgan fingerprint density at radius 1 is 1.92 bits per heavy atom. The van der Waals surface area contributed by atoms with Crippen LogP contribution in [0.25, 0.3) is 0 Å². The van der Waals surface area contributed by atoms with Crippen molar-refractivity contribution in [2.75, 3.05) is 6.54 Å². The lowest BCUT2D eigenvalue weighted by Gasteiger charge is -1.96. The maximum Gasteiger partial charge on any atom is 0.271 e. The molecule has 1 aromatic heterocycles. The van der Waals surface area contributed by atoms with E-state index in [2.05, 4.69) is 31.4 Å². The zero-order chi connectivity index (χ0) is 8.97. The van der Waals surface area contributed by atoms with Gasteiger partial charge in [0.15, 0.2) is 0 Å². The lowest BCUT2D eigenvalue weighted by atomic mass is 10.4. The number of H-pyrrole nitrogens is 1. The maximum atomic E-state index is 11.1. The number of amides is 1. The number of nitrogens with zero attached hydrogens (tertiary/aromatic N) is 2. The molecule has 1 heterocycles.